The van der Waals surface area contributed by atoms with Crippen molar-refractivity contribution in [2.75, 3.05) is 14.1 Å². The van der Waals surface area contributed by atoms with E-state index < -0.39 is 22.0 Å². The van der Waals surface area contributed by atoms with Gasteiger partial charge in [-0.25, -0.2) is 8.42 Å². The van der Waals surface area contributed by atoms with E-state index in [2.05, 4.69) is 4.72 Å². The highest BCUT2D eigenvalue weighted by Gasteiger charge is 2.26. The van der Waals surface area contributed by atoms with E-state index in [1.807, 2.05) is 0 Å². The Bertz CT molecular complexity index is 683. The Morgan fingerprint density at radius 2 is 1.87 bits per heavy atom. The van der Waals surface area contributed by atoms with Crippen molar-refractivity contribution in [3.05, 3.63) is 29.8 Å². The average Bonchev–Trinajstić information content (AvgIpc) is 2.45. The smallest absolute Gasteiger partial charge is 0.321 e. The largest absolute Gasteiger partial charge is 0.480 e. The molecule has 0 bridgehead atoms. The molecule has 0 aromatic heterocycles. The predicted molar refractivity (Wildman–Crippen MR) is 85.7 cm³/mol. The molecule has 2 N–H and O–H groups in total. The first-order valence-corrected chi connectivity index (χ1v) is 8.59. The topological polar surface area (TPSA) is 104 Å². The summed E-state index contributed by atoms with van der Waals surface area (Å²) in [6.07, 6.45) is 0.172. The number of sulfonamides is 1. The lowest BCUT2D eigenvalue weighted by Crippen LogP contribution is -2.41. The molecule has 23 heavy (non-hydrogen) atoms. The lowest BCUT2D eigenvalue weighted by Gasteiger charge is -2.17. The summed E-state index contributed by atoms with van der Waals surface area (Å²) in [5.41, 5.74) is 0.216. The van der Waals surface area contributed by atoms with E-state index in [1.54, 1.807) is 27.9 Å². The molecule has 0 spiro atoms. The second-order valence-corrected chi connectivity index (χ2v) is 7.58. The van der Waals surface area contributed by atoms with Crippen LogP contribution < -0.4 is 4.72 Å². The van der Waals surface area contributed by atoms with Crippen LogP contribution in [0.2, 0.25) is 0 Å². The Hall–Kier alpha value is -1.93. The van der Waals surface area contributed by atoms with E-state index in [1.165, 1.54) is 29.2 Å². The Kier molecular flexibility index (Phi) is 6.28. The Morgan fingerprint density at radius 1 is 1.26 bits per heavy atom. The fourth-order valence-electron chi connectivity index (χ4n) is 1.98. The standard InChI is InChI=1S/C15H22N2O5S/c1-10(2)8-13(15(19)20)16-23(21,22)12-7-5-6-11(9-12)14(18)17(3)4/h5-7,9-10,13,16H,8H2,1-4H3,(H,19,20). The second kappa shape index (κ2) is 7.56. The summed E-state index contributed by atoms with van der Waals surface area (Å²) in [5.74, 6) is -1.55. The van der Waals surface area contributed by atoms with Gasteiger partial charge in [0.1, 0.15) is 6.04 Å². The molecule has 0 radical (unpaired) electrons. The van der Waals surface area contributed by atoms with Crippen LogP contribution in [0.25, 0.3) is 0 Å². The van der Waals surface area contributed by atoms with Gasteiger partial charge in [-0.05, 0) is 30.5 Å². The van der Waals surface area contributed by atoms with E-state index in [0.717, 1.165) is 0 Å². The Labute approximate surface area is 136 Å². The van der Waals surface area contributed by atoms with Gasteiger partial charge in [0, 0.05) is 19.7 Å². The van der Waals surface area contributed by atoms with Gasteiger partial charge in [-0.1, -0.05) is 19.9 Å². The molecule has 1 aromatic rings. The van der Waals surface area contributed by atoms with Gasteiger partial charge >= 0.3 is 5.97 Å². The van der Waals surface area contributed by atoms with Crippen LogP contribution in [0, 0.1) is 5.92 Å². The van der Waals surface area contributed by atoms with Gasteiger partial charge in [-0.2, -0.15) is 4.72 Å². The van der Waals surface area contributed by atoms with E-state index in [-0.39, 0.29) is 28.7 Å². The number of nitrogens with zero attached hydrogens (tertiary/aromatic N) is 1. The van der Waals surface area contributed by atoms with Crippen molar-refractivity contribution in [1.82, 2.24) is 9.62 Å². The van der Waals surface area contributed by atoms with E-state index >= 15 is 0 Å². The van der Waals surface area contributed by atoms with Crippen LogP contribution in [0.15, 0.2) is 29.2 Å². The van der Waals surface area contributed by atoms with Crippen LogP contribution in [0.5, 0.6) is 0 Å². The molecular formula is C15H22N2O5S. The zero-order valence-electron chi connectivity index (χ0n) is 13.6. The summed E-state index contributed by atoms with van der Waals surface area (Å²) in [6.45, 7) is 3.61. The molecule has 0 fully saturated rings. The maximum atomic E-state index is 12.4. The minimum Gasteiger partial charge on any atom is -0.480 e. The molecule has 0 heterocycles. The highest BCUT2D eigenvalue weighted by molar-refractivity contribution is 7.89. The monoisotopic (exact) mass is 342 g/mol. The number of carboxylic acid groups (broad SMARTS) is 1. The van der Waals surface area contributed by atoms with Crippen molar-refractivity contribution in [1.29, 1.82) is 0 Å². The quantitative estimate of drug-likeness (QED) is 0.774. The lowest BCUT2D eigenvalue weighted by atomic mass is 10.1. The first-order chi connectivity index (χ1) is 10.5. The third-order valence-electron chi connectivity index (χ3n) is 3.10. The summed E-state index contributed by atoms with van der Waals surface area (Å²) >= 11 is 0. The highest BCUT2D eigenvalue weighted by atomic mass is 32.2. The van der Waals surface area contributed by atoms with E-state index in [0.29, 0.717) is 0 Å². The third-order valence-corrected chi connectivity index (χ3v) is 4.57. The number of benzene rings is 1. The molecule has 0 aliphatic rings. The average molecular weight is 342 g/mol. The molecule has 7 nitrogen and oxygen atoms in total. The molecule has 0 aliphatic heterocycles. The summed E-state index contributed by atoms with van der Waals surface area (Å²) in [6, 6.07) is 4.29. The van der Waals surface area contributed by atoms with Crippen LogP contribution in [-0.4, -0.2) is 50.4 Å². The number of aliphatic carboxylic acids is 1. The lowest BCUT2D eigenvalue weighted by molar-refractivity contribution is -0.139. The molecule has 1 amide bonds. The van der Waals surface area contributed by atoms with Gasteiger partial charge in [-0.15, -0.1) is 0 Å². The Morgan fingerprint density at radius 3 is 2.35 bits per heavy atom. The summed E-state index contributed by atoms with van der Waals surface area (Å²) < 4.78 is 26.9. The molecule has 1 rings (SSSR count). The molecule has 128 valence electrons. The van der Waals surface area contributed by atoms with E-state index in [4.69, 9.17) is 5.11 Å². The number of carbonyl (C=O) groups excluding carboxylic acids is 1. The summed E-state index contributed by atoms with van der Waals surface area (Å²) in [4.78, 5) is 24.3. The molecule has 1 atom stereocenters. The van der Waals surface area contributed by atoms with Crippen LogP contribution in [-0.2, 0) is 14.8 Å². The predicted octanol–water partition coefficient (Wildman–Crippen LogP) is 1.17. The molecule has 0 aliphatic carbocycles. The molecule has 1 unspecified atom stereocenters. The number of nitrogens with one attached hydrogen (secondary N) is 1. The van der Waals surface area contributed by atoms with Crippen molar-refractivity contribution in [2.24, 2.45) is 5.92 Å². The maximum absolute atomic E-state index is 12.4. The first kappa shape index (κ1) is 19.1. The zero-order valence-corrected chi connectivity index (χ0v) is 14.4. The number of hydrogen-bond acceptors (Lipinski definition) is 4. The van der Waals surface area contributed by atoms with Crippen molar-refractivity contribution < 1.29 is 23.1 Å². The van der Waals surface area contributed by atoms with Gasteiger partial charge in [-0.3, -0.25) is 9.59 Å². The summed E-state index contributed by atoms with van der Waals surface area (Å²) in [7, 11) is -0.913. The molecule has 0 saturated carbocycles. The van der Waals surface area contributed by atoms with Crippen LogP contribution >= 0.6 is 0 Å². The number of hydrogen-bond donors (Lipinski definition) is 2. The van der Waals surface area contributed by atoms with Crippen molar-refractivity contribution in [3.8, 4) is 0 Å². The van der Waals surface area contributed by atoms with Gasteiger partial charge in [0.15, 0.2) is 0 Å². The van der Waals surface area contributed by atoms with Crippen molar-refractivity contribution >= 4 is 21.9 Å². The number of carbonyl (C=O) groups is 2. The van der Waals surface area contributed by atoms with Gasteiger partial charge in [0.25, 0.3) is 5.91 Å². The normalized spacial score (nSPS) is 12.9. The minimum absolute atomic E-state index is 0.0143. The second-order valence-electron chi connectivity index (χ2n) is 5.87. The highest BCUT2D eigenvalue weighted by Crippen LogP contribution is 2.15. The van der Waals surface area contributed by atoms with Crippen molar-refractivity contribution in [3.63, 3.8) is 0 Å². The number of carboxylic acids is 1. The van der Waals surface area contributed by atoms with Crippen molar-refractivity contribution in [2.45, 2.75) is 31.2 Å². The molecule has 1 aromatic carbocycles. The fourth-order valence-corrected chi connectivity index (χ4v) is 3.23. The molecule has 8 heteroatoms. The van der Waals surface area contributed by atoms with Crippen LogP contribution in [0.1, 0.15) is 30.6 Å². The van der Waals surface area contributed by atoms with E-state index in [9.17, 15) is 18.0 Å². The minimum atomic E-state index is -4.03. The van der Waals surface area contributed by atoms with Crippen LogP contribution in [0.3, 0.4) is 0 Å². The van der Waals surface area contributed by atoms with Gasteiger partial charge in [0.2, 0.25) is 10.0 Å². The first-order valence-electron chi connectivity index (χ1n) is 7.11. The fraction of sp³-hybridized carbons (Fsp3) is 0.467. The third kappa shape index (κ3) is 5.33. The number of rotatable bonds is 7. The zero-order chi connectivity index (χ0) is 17.8. The maximum Gasteiger partial charge on any atom is 0.321 e. The van der Waals surface area contributed by atoms with Gasteiger partial charge < -0.3 is 10.0 Å². The molecule has 0 saturated heterocycles. The molecular weight excluding hydrogens is 320 g/mol. The SMILES string of the molecule is CC(C)CC(NS(=O)(=O)c1cccc(C(=O)N(C)C)c1)C(=O)O. The van der Waals surface area contributed by atoms with Crippen LogP contribution in [0.4, 0.5) is 0 Å². The number of amides is 1. The summed E-state index contributed by atoms with van der Waals surface area (Å²) in [5, 5.41) is 9.16. The van der Waals surface area contributed by atoms with Gasteiger partial charge in [0.05, 0.1) is 4.90 Å². The Balaban J connectivity index is 3.10.